The Balaban J connectivity index is 1.77. The van der Waals surface area contributed by atoms with Crippen molar-refractivity contribution in [3.05, 3.63) is 0 Å². The van der Waals surface area contributed by atoms with Gasteiger partial charge in [-0.1, -0.05) is 27.2 Å². The van der Waals surface area contributed by atoms with Crippen molar-refractivity contribution in [2.45, 2.75) is 58.9 Å². The zero-order valence-electron chi connectivity index (χ0n) is 12.0. The fraction of sp³-hybridized carbons (Fsp3) is 1.00. The van der Waals surface area contributed by atoms with E-state index in [2.05, 4.69) is 31.0 Å². The topological polar surface area (TPSA) is 15.3 Å². The lowest BCUT2D eigenvalue weighted by Gasteiger charge is -2.39. The van der Waals surface area contributed by atoms with E-state index in [0.717, 1.165) is 23.9 Å². The third-order valence-corrected chi connectivity index (χ3v) is 4.75. The first-order valence-corrected chi connectivity index (χ1v) is 7.65. The highest BCUT2D eigenvalue weighted by atomic mass is 15.2. The fourth-order valence-corrected chi connectivity index (χ4v) is 3.61. The predicted octanol–water partition coefficient (Wildman–Crippen LogP) is 2.89. The van der Waals surface area contributed by atoms with E-state index in [1.54, 1.807) is 0 Å². The minimum absolute atomic E-state index is 0.736. The third-order valence-electron chi connectivity index (χ3n) is 4.75. The molecule has 1 aliphatic heterocycles. The molecule has 0 aromatic rings. The van der Waals surface area contributed by atoms with E-state index in [9.17, 15) is 0 Å². The quantitative estimate of drug-likeness (QED) is 0.765. The number of rotatable bonds is 6. The number of hydrogen-bond acceptors (Lipinski definition) is 2. The van der Waals surface area contributed by atoms with Gasteiger partial charge >= 0.3 is 0 Å². The smallest absolute Gasteiger partial charge is 0.0117 e. The maximum absolute atomic E-state index is 3.63. The number of likely N-dealkylation sites (tertiary alicyclic amines) is 1. The number of nitrogens with zero attached hydrogens (tertiary/aromatic N) is 1. The molecule has 2 fully saturated rings. The van der Waals surface area contributed by atoms with Crippen molar-refractivity contribution in [1.82, 2.24) is 10.2 Å². The fourth-order valence-electron chi connectivity index (χ4n) is 3.61. The summed E-state index contributed by atoms with van der Waals surface area (Å²) < 4.78 is 0. The van der Waals surface area contributed by atoms with E-state index in [0.29, 0.717) is 0 Å². The Hall–Kier alpha value is -0.0800. The Kier molecular flexibility index (Phi) is 4.48. The van der Waals surface area contributed by atoms with Gasteiger partial charge in [0.2, 0.25) is 0 Å². The van der Waals surface area contributed by atoms with E-state index in [1.807, 2.05) is 0 Å². The number of piperidine rings is 1. The minimum atomic E-state index is 0.736. The number of hydrogen-bond donors (Lipinski definition) is 1. The van der Waals surface area contributed by atoms with Gasteiger partial charge in [-0.15, -0.1) is 0 Å². The van der Waals surface area contributed by atoms with Gasteiger partial charge in [0.25, 0.3) is 0 Å². The summed E-state index contributed by atoms with van der Waals surface area (Å²) in [5, 5.41) is 3.63. The van der Waals surface area contributed by atoms with Crippen molar-refractivity contribution >= 4 is 0 Å². The Morgan fingerprint density at radius 3 is 2.59 bits per heavy atom. The molecule has 1 saturated heterocycles. The summed E-state index contributed by atoms with van der Waals surface area (Å²) in [6, 6.07) is 0.762. The van der Waals surface area contributed by atoms with Crippen LogP contribution in [0.15, 0.2) is 0 Å². The van der Waals surface area contributed by atoms with Gasteiger partial charge in [-0.2, -0.15) is 0 Å². The average Bonchev–Trinajstić information content (AvgIpc) is 3.03. The monoisotopic (exact) mass is 238 g/mol. The van der Waals surface area contributed by atoms with Crippen molar-refractivity contribution in [2.75, 3.05) is 26.2 Å². The molecule has 2 nitrogen and oxygen atoms in total. The van der Waals surface area contributed by atoms with Crippen LogP contribution in [0.1, 0.15) is 52.9 Å². The van der Waals surface area contributed by atoms with Crippen LogP contribution in [0.4, 0.5) is 0 Å². The molecule has 1 aliphatic carbocycles. The highest BCUT2D eigenvalue weighted by Gasteiger charge is 2.43. The molecular weight excluding hydrogens is 208 g/mol. The molecule has 17 heavy (non-hydrogen) atoms. The van der Waals surface area contributed by atoms with Crippen LogP contribution in [0.2, 0.25) is 0 Å². The summed E-state index contributed by atoms with van der Waals surface area (Å²) in [4.78, 5) is 2.74. The van der Waals surface area contributed by atoms with E-state index in [4.69, 9.17) is 0 Å². The largest absolute Gasteiger partial charge is 0.314 e. The van der Waals surface area contributed by atoms with E-state index in [-0.39, 0.29) is 0 Å². The maximum atomic E-state index is 3.63. The molecule has 0 bridgehead atoms. The Bertz CT molecular complexity index is 235. The standard InChI is InChI=1S/C15H30N2/c1-4-7-15(8-9-15)12-17-10-6-14(16-5-2)13(3)11-17/h13-14,16H,4-12H2,1-3H3. The summed E-state index contributed by atoms with van der Waals surface area (Å²) >= 11 is 0. The first kappa shape index (κ1) is 13.4. The normalized spacial score (nSPS) is 32.6. The van der Waals surface area contributed by atoms with Gasteiger partial charge in [0.1, 0.15) is 0 Å². The molecule has 1 heterocycles. The molecule has 100 valence electrons. The molecule has 2 rings (SSSR count). The molecule has 0 amide bonds. The van der Waals surface area contributed by atoms with Crippen LogP contribution in [0.5, 0.6) is 0 Å². The Morgan fingerprint density at radius 1 is 1.29 bits per heavy atom. The second-order valence-corrected chi connectivity index (χ2v) is 6.42. The first-order valence-electron chi connectivity index (χ1n) is 7.65. The van der Waals surface area contributed by atoms with Crippen LogP contribution in [0, 0.1) is 11.3 Å². The minimum Gasteiger partial charge on any atom is -0.314 e. The highest BCUT2D eigenvalue weighted by molar-refractivity contribution is 4.96. The van der Waals surface area contributed by atoms with Crippen LogP contribution >= 0.6 is 0 Å². The SMILES string of the molecule is CCCC1(CN2CCC(NCC)C(C)C2)CC1. The van der Waals surface area contributed by atoms with Gasteiger partial charge in [0.05, 0.1) is 0 Å². The van der Waals surface area contributed by atoms with Crippen LogP contribution in [0.25, 0.3) is 0 Å². The van der Waals surface area contributed by atoms with Crippen molar-refractivity contribution in [3.63, 3.8) is 0 Å². The molecule has 2 atom stereocenters. The molecule has 0 aromatic carbocycles. The van der Waals surface area contributed by atoms with Gasteiger partial charge in [-0.25, -0.2) is 0 Å². The van der Waals surface area contributed by atoms with Crippen LogP contribution in [-0.2, 0) is 0 Å². The molecule has 0 spiro atoms. The highest BCUT2D eigenvalue weighted by Crippen LogP contribution is 2.50. The lowest BCUT2D eigenvalue weighted by molar-refractivity contribution is 0.121. The van der Waals surface area contributed by atoms with E-state index < -0.39 is 0 Å². The Labute approximate surface area is 107 Å². The third kappa shape index (κ3) is 3.45. The summed E-state index contributed by atoms with van der Waals surface area (Å²) in [7, 11) is 0. The van der Waals surface area contributed by atoms with E-state index >= 15 is 0 Å². The molecule has 0 aromatic heterocycles. The molecule has 1 N–H and O–H groups in total. The molecule has 0 radical (unpaired) electrons. The van der Waals surface area contributed by atoms with Gasteiger partial charge in [-0.05, 0) is 50.1 Å². The van der Waals surface area contributed by atoms with Gasteiger partial charge in [-0.3, -0.25) is 0 Å². The predicted molar refractivity (Wildman–Crippen MR) is 74.3 cm³/mol. The first-order chi connectivity index (χ1) is 8.19. The number of nitrogens with one attached hydrogen (secondary N) is 1. The average molecular weight is 238 g/mol. The zero-order chi connectivity index (χ0) is 12.3. The summed E-state index contributed by atoms with van der Waals surface area (Å²) in [5.74, 6) is 0.820. The van der Waals surface area contributed by atoms with Gasteiger partial charge in [0, 0.05) is 19.1 Å². The van der Waals surface area contributed by atoms with E-state index in [1.165, 1.54) is 51.7 Å². The lowest BCUT2D eigenvalue weighted by atomic mass is 9.91. The second-order valence-electron chi connectivity index (χ2n) is 6.42. The van der Waals surface area contributed by atoms with Crippen molar-refractivity contribution in [1.29, 1.82) is 0 Å². The van der Waals surface area contributed by atoms with Crippen LogP contribution < -0.4 is 5.32 Å². The van der Waals surface area contributed by atoms with Crippen molar-refractivity contribution in [2.24, 2.45) is 11.3 Å². The maximum Gasteiger partial charge on any atom is 0.0117 e. The van der Waals surface area contributed by atoms with Crippen molar-refractivity contribution in [3.8, 4) is 0 Å². The Morgan fingerprint density at radius 2 is 2.06 bits per heavy atom. The molecule has 2 aliphatic rings. The van der Waals surface area contributed by atoms with Crippen LogP contribution in [0.3, 0.4) is 0 Å². The lowest BCUT2D eigenvalue weighted by Crippen LogP contribution is -2.49. The summed E-state index contributed by atoms with van der Waals surface area (Å²) in [6.45, 7) is 12.1. The molecule has 1 saturated carbocycles. The molecule has 2 unspecified atom stereocenters. The zero-order valence-corrected chi connectivity index (χ0v) is 12.0. The van der Waals surface area contributed by atoms with Gasteiger partial charge < -0.3 is 10.2 Å². The van der Waals surface area contributed by atoms with Crippen LogP contribution in [-0.4, -0.2) is 37.1 Å². The molecular formula is C15H30N2. The summed E-state index contributed by atoms with van der Waals surface area (Å²) in [6.07, 6.45) is 7.14. The second kappa shape index (κ2) is 5.71. The molecule has 2 heteroatoms. The van der Waals surface area contributed by atoms with Crippen molar-refractivity contribution < 1.29 is 0 Å². The van der Waals surface area contributed by atoms with Gasteiger partial charge in [0.15, 0.2) is 0 Å². The summed E-state index contributed by atoms with van der Waals surface area (Å²) in [5.41, 5.74) is 0.736.